The van der Waals surface area contributed by atoms with Crippen LogP contribution in [0.4, 0.5) is 0 Å². The fraction of sp³-hybridized carbons (Fsp3) is 0.350. The minimum Gasteiger partial charge on any atom is -0.497 e. The number of rotatable bonds is 7. The van der Waals surface area contributed by atoms with E-state index in [2.05, 4.69) is 5.32 Å². The Labute approximate surface area is 172 Å². The van der Waals surface area contributed by atoms with E-state index in [1.165, 1.54) is 6.07 Å². The second-order valence-electron chi connectivity index (χ2n) is 6.71. The summed E-state index contributed by atoms with van der Waals surface area (Å²) in [6.07, 6.45) is 1.16. The van der Waals surface area contributed by atoms with Crippen LogP contribution in [0.25, 0.3) is 0 Å². The number of hydrogen-bond acceptors (Lipinski definition) is 5. The molecule has 28 heavy (non-hydrogen) atoms. The van der Waals surface area contributed by atoms with Crippen LogP contribution in [0, 0.1) is 5.92 Å². The predicted molar refractivity (Wildman–Crippen MR) is 113 cm³/mol. The molecule has 3 unspecified atom stereocenters. The molecule has 2 aromatic rings. The number of nitrogens with one attached hydrogen (secondary N) is 1. The third-order valence-corrected chi connectivity index (χ3v) is 5.67. The lowest BCUT2D eigenvalue weighted by molar-refractivity contribution is -0.125. The number of nitrogens with two attached hydrogens (primary N) is 1. The van der Waals surface area contributed by atoms with Crippen molar-refractivity contribution in [2.24, 2.45) is 11.7 Å². The van der Waals surface area contributed by atoms with Crippen molar-refractivity contribution >= 4 is 28.2 Å². The zero-order chi connectivity index (χ0) is 20.2. The summed E-state index contributed by atoms with van der Waals surface area (Å²) in [4.78, 5) is 12.8. The molecule has 0 spiro atoms. The van der Waals surface area contributed by atoms with Crippen molar-refractivity contribution in [3.63, 3.8) is 0 Å². The van der Waals surface area contributed by atoms with Gasteiger partial charge in [0.15, 0.2) is 9.84 Å². The quantitative estimate of drug-likeness (QED) is 0.709. The van der Waals surface area contributed by atoms with Crippen molar-refractivity contribution in [1.29, 1.82) is 0 Å². The van der Waals surface area contributed by atoms with Gasteiger partial charge in [0.25, 0.3) is 0 Å². The second kappa shape index (κ2) is 9.91. The molecule has 0 fully saturated rings. The molecule has 0 aliphatic heterocycles. The van der Waals surface area contributed by atoms with Gasteiger partial charge in [0, 0.05) is 18.2 Å². The first-order chi connectivity index (χ1) is 12.6. The molecule has 3 atom stereocenters. The summed E-state index contributed by atoms with van der Waals surface area (Å²) in [6.45, 7) is 3.54. The molecule has 0 aromatic heterocycles. The SMILES string of the molecule is COc1ccc(C(NC(=O)C(C)C(C)N)c2cccc(S(C)(=O)=O)c2)cc1.Cl. The van der Waals surface area contributed by atoms with E-state index in [0.717, 1.165) is 11.8 Å². The highest BCUT2D eigenvalue weighted by Crippen LogP contribution is 2.26. The van der Waals surface area contributed by atoms with Crippen molar-refractivity contribution in [2.45, 2.75) is 30.8 Å². The standard InChI is InChI=1S/C20H26N2O4S.ClH/c1-13(14(2)21)20(23)22-19(15-8-10-17(26-3)11-9-15)16-6-5-7-18(12-16)27(4,24)25;/h5-14,19H,21H2,1-4H3,(H,22,23);1H. The summed E-state index contributed by atoms with van der Waals surface area (Å²) in [5.41, 5.74) is 7.34. The Bertz CT molecular complexity index is 899. The van der Waals surface area contributed by atoms with E-state index in [1.807, 2.05) is 12.1 Å². The van der Waals surface area contributed by atoms with Gasteiger partial charge in [-0.2, -0.15) is 0 Å². The Hall–Kier alpha value is -2.09. The Balaban J connectivity index is 0.00000392. The smallest absolute Gasteiger partial charge is 0.225 e. The van der Waals surface area contributed by atoms with Gasteiger partial charge in [0.1, 0.15) is 5.75 Å². The average Bonchev–Trinajstić information content (AvgIpc) is 2.64. The molecule has 0 saturated heterocycles. The molecule has 3 N–H and O–H groups in total. The maximum atomic E-state index is 12.6. The Morgan fingerprint density at radius 2 is 1.68 bits per heavy atom. The first-order valence-electron chi connectivity index (χ1n) is 8.63. The number of benzene rings is 2. The molecule has 8 heteroatoms. The van der Waals surface area contributed by atoms with Crippen LogP contribution in [0.1, 0.15) is 31.0 Å². The topological polar surface area (TPSA) is 98.5 Å². The molecule has 154 valence electrons. The molecule has 0 aliphatic carbocycles. The highest BCUT2D eigenvalue weighted by Gasteiger charge is 2.23. The summed E-state index contributed by atoms with van der Waals surface area (Å²) < 4.78 is 29.0. The maximum absolute atomic E-state index is 12.6. The highest BCUT2D eigenvalue weighted by molar-refractivity contribution is 7.90. The monoisotopic (exact) mass is 426 g/mol. The van der Waals surface area contributed by atoms with Crippen LogP contribution in [0.5, 0.6) is 5.75 Å². The van der Waals surface area contributed by atoms with Crippen molar-refractivity contribution in [3.8, 4) is 5.75 Å². The van der Waals surface area contributed by atoms with E-state index < -0.39 is 15.9 Å². The van der Waals surface area contributed by atoms with Gasteiger partial charge in [-0.1, -0.05) is 31.2 Å². The Kier molecular flexibility index (Phi) is 8.48. The van der Waals surface area contributed by atoms with Gasteiger partial charge in [-0.25, -0.2) is 8.42 Å². The summed E-state index contributed by atoms with van der Waals surface area (Å²) in [6, 6.07) is 13.0. The number of amides is 1. The molecule has 6 nitrogen and oxygen atoms in total. The second-order valence-corrected chi connectivity index (χ2v) is 8.72. The lowest BCUT2D eigenvalue weighted by Gasteiger charge is -2.24. The number of carbonyl (C=O) groups excluding carboxylic acids is 1. The molecular weight excluding hydrogens is 400 g/mol. The van der Waals surface area contributed by atoms with E-state index in [1.54, 1.807) is 51.3 Å². The Morgan fingerprint density at radius 3 is 2.18 bits per heavy atom. The number of methoxy groups -OCH3 is 1. The lowest BCUT2D eigenvalue weighted by atomic mass is 9.96. The van der Waals surface area contributed by atoms with E-state index in [0.29, 0.717) is 11.3 Å². The maximum Gasteiger partial charge on any atom is 0.225 e. The molecule has 0 bridgehead atoms. The van der Waals surface area contributed by atoms with Gasteiger partial charge in [-0.3, -0.25) is 4.79 Å². The van der Waals surface area contributed by atoms with Crippen molar-refractivity contribution in [3.05, 3.63) is 59.7 Å². The van der Waals surface area contributed by atoms with Gasteiger partial charge in [0.2, 0.25) is 5.91 Å². The third kappa shape index (κ3) is 5.95. The lowest BCUT2D eigenvalue weighted by Crippen LogP contribution is -2.40. The fourth-order valence-corrected chi connectivity index (χ4v) is 3.27. The van der Waals surface area contributed by atoms with Crippen LogP contribution < -0.4 is 15.8 Å². The van der Waals surface area contributed by atoms with Gasteiger partial charge in [-0.05, 0) is 42.3 Å². The zero-order valence-corrected chi connectivity index (χ0v) is 18.0. The number of carbonyl (C=O) groups is 1. The minimum absolute atomic E-state index is 0. The normalized spacial score (nSPS) is 14.3. The Morgan fingerprint density at radius 1 is 1.07 bits per heavy atom. The first-order valence-corrected chi connectivity index (χ1v) is 10.5. The van der Waals surface area contributed by atoms with Crippen LogP contribution >= 0.6 is 12.4 Å². The van der Waals surface area contributed by atoms with Gasteiger partial charge in [-0.15, -0.1) is 12.4 Å². The van der Waals surface area contributed by atoms with E-state index in [4.69, 9.17) is 10.5 Å². The van der Waals surface area contributed by atoms with Crippen LogP contribution in [0.2, 0.25) is 0 Å². The molecule has 1 amide bonds. The van der Waals surface area contributed by atoms with E-state index in [9.17, 15) is 13.2 Å². The van der Waals surface area contributed by atoms with Gasteiger partial charge < -0.3 is 15.8 Å². The molecular formula is C20H27ClN2O4S. The number of hydrogen-bond donors (Lipinski definition) is 2. The van der Waals surface area contributed by atoms with Crippen molar-refractivity contribution in [1.82, 2.24) is 5.32 Å². The van der Waals surface area contributed by atoms with Crippen molar-refractivity contribution < 1.29 is 17.9 Å². The summed E-state index contributed by atoms with van der Waals surface area (Å²) in [5, 5.41) is 2.99. The number of halogens is 1. The minimum atomic E-state index is -3.36. The molecule has 0 radical (unpaired) electrons. The third-order valence-electron chi connectivity index (χ3n) is 4.56. The van der Waals surface area contributed by atoms with Crippen LogP contribution in [-0.4, -0.2) is 33.7 Å². The van der Waals surface area contributed by atoms with Gasteiger partial charge >= 0.3 is 0 Å². The average molecular weight is 427 g/mol. The van der Waals surface area contributed by atoms with Crippen LogP contribution in [-0.2, 0) is 14.6 Å². The number of ether oxygens (including phenoxy) is 1. The molecule has 0 heterocycles. The van der Waals surface area contributed by atoms with Crippen LogP contribution in [0.15, 0.2) is 53.4 Å². The molecule has 2 aromatic carbocycles. The van der Waals surface area contributed by atoms with Crippen molar-refractivity contribution in [2.75, 3.05) is 13.4 Å². The highest BCUT2D eigenvalue weighted by atomic mass is 35.5. The molecule has 0 aliphatic rings. The van der Waals surface area contributed by atoms with E-state index in [-0.39, 0.29) is 35.2 Å². The number of sulfone groups is 1. The summed E-state index contributed by atoms with van der Waals surface area (Å²) in [5.74, 6) is 0.108. The van der Waals surface area contributed by atoms with Crippen LogP contribution in [0.3, 0.4) is 0 Å². The zero-order valence-electron chi connectivity index (χ0n) is 16.4. The predicted octanol–water partition coefficient (Wildman–Crippen LogP) is 2.71. The fourth-order valence-electron chi connectivity index (χ4n) is 2.59. The summed E-state index contributed by atoms with van der Waals surface area (Å²) >= 11 is 0. The first kappa shape index (κ1) is 23.9. The molecule has 2 rings (SSSR count). The largest absolute Gasteiger partial charge is 0.497 e. The summed E-state index contributed by atoms with van der Waals surface area (Å²) in [7, 11) is -1.79. The van der Waals surface area contributed by atoms with Gasteiger partial charge in [0.05, 0.1) is 18.0 Å². The molecule has 0 saturated carbocycles. The van der Waals surface area contributed by atoms with E-state index >= 15 is 0 Å².